The van der Waals surface area contributed by atoms with Gasteiger partial charge in [-0.2, -0.15) is 0 Å². The number of hydrogen-bond acceptors (Lipinski definition) is 5. The third kappa shape index (κ3) is 5.11. The molecule has 21 heavy (non-hydrogen) atoms. The van der Waals surface area contributed by atoms with Gasteiger partial charge in [0.1, 0.15) is 0 Å². The number of amides is 1. The van der Waals surface area contributed by atoms with Crippen molar-refractivity contribution in [3.63, 3.8) is 0 Å². The number of nitrogen functional groups attached to an aromatic ring is 1. The average molecular weight is 299 g/mol. The van der Waals surface area contributed by atoms with E-state index in [0.29, 0.717) is 25.4 Å². The van der Waals surface area contributed by atoms with Crippen molar-refractivity contribution in [1.29, 1.82) is 0 Å². The van der Waals surface area contributed by atoms with Crippen LogP contribution in [0, 0.1) is 5.82 Å². The van der Waals surface area contributed by atoms with Crippen molar-refractivity contribution < 1.29 is 18.7 Å². The summed E-state index contributed by atoms with van der Waals surface area (Å²) in [6.07, 6.45) is 0. The number of benzene rings is 1. The van der Waals surface area contributed by atoms with Crippen LogP contribution < -0.4 is 20.7 Å². The molecule has 0 saturated heterocycles. The largest absolute Gasteiger partial charge is 0.491 e. The van der Waals surface area contributed by atoms with Crippen LogP contribution in [0.15, 0.2) is 12.1 Å². The number of carbonyl (C=O) groups is 1. The van der Waals surface area contributed by atoms with Gasteiger partial charge in [0.05, 0.1) is 31.1 Å². The summed E-state index contributed by atoms with van der Waals surface area (Å²) < 4.78 is 23.7. The van der Waals surface area contributed by atoms with Crippen LogP contribution >= 0.6 is 0 Å². The van der Waals surface area contributed by atoms with Crippen LogP contribution in [-0.2, 0) is 9.53 Å². The number of nitrogens with one attached hydrogen (secondary N) is 1. The number of carbonyl (C=O) groups excluding carboxylic acids is 1. The molecule has 0 heterocycles. The predicted octanol–water partition coefficient (Wildman–Crippen LogP) is 1.01. The fourth-order valence-electron chi connectivity index (χ4n) is 1.80. The fourth-order valence-corrected chi connectivity index (χ4v) is 1.80. The number of likely N-dealkylation sites (N-methyl/N-ethyl adjacent to an activating group) is 1. The lowest BCUT2D eigenvalue weighted by atomic mass is 10.2. The molecule has 118 valence electrons. The molecule has 0 spiro atoms. The Hall–Kier alpha value is -2.02. The minimum Gasteiger partial charge on any atom is -0.491 e. The van der Waals surface area contributed by atoms with E-state index in [0.717, 1.165) is 0 Å². The van der Waals surface area contributed by atoms with E-state index in [2.05, 4.69) is 5.32 Å². The monoisotopic (exact) mass is 299 g/mol. The second kappa shape index (κ2) is 8.31. The minimum absolute atomic E-state index is 0.102. The number of ether oxygens (including phenoxy) is 2. The highest BCUT2D eigenvalue weighted by atomic mass is 19.1. The fraction of sp³-hybridized carbons (Fsp3) is 0.500. The van der Waals surface area contributed by atoms with E-state index in [4.69, 9.17) is 15.2 Å². The third-order valence-electron chi connectivity index (χ3n) is 2.80. The molecule has 0 fully saturated rings. The van der Waals surface area contributed by atoms with Gasteiger partial charge in [0.2, 0.25) is 5.91 Å². The van der Waals surface area contributed by atoms with Gasteiger partial charge in [-0.25, -0.2) is 4.39 Å². The van der Waals surface area contributed by atoms with Crippen molar-refractivity contribution in [2.75, 3.05) is 51.1 Å². The number of anilines is 2. The van der Waals surface area contributed by atoms with Gasteiger partial charge in [-0.1, -0.05) is 0 Å². The normalized spacial score (nSPS) is 10.3. The van der Waals surface area contributed by atoms with E-state index in [1.54, 1.807) is 26.0 Å². The summed E-state index contributed by atoms with van der Waals surface area (Å²) in [5.41, 5.74) is 6.59. The van der Waals surface area contributed by atoms with Crippen LogP contribution in [0.25, 0.3) is 0 Å². The van der Waals surface area contributed by atoms with Crippen molar-refractivity contribution in [3.05, 3.63) is 17.9 Å². The molecule has 6 nitrogen and oxygen atoms in total. The van der Waals surface area contributed by atoms with Crippen molar-refractivity contribution in [2.45, 2.75) is 6.92 Å². The maximum absolute atomic E-state index is 13.6. The second-order valence-corrected chi connectivity index (χ2v) is 4.47. The number of nitrogens with two attached hydrogens (primary N) is 1. The summed E-state index contributed by atoms with van der Waals surface area (Å²) in [6.45, 7) is 3.10. The molecule has 3 N–H and O–H groups in total. The van der Waals surface area contributed by atoms with E-state index in [-0.39, 0.29) is 23.9 Å². The molecule has 1 aromatic carbocycles. The molecule has 1 rings (SSSR count). The molecular weight excluding hydrogens is 277 g/mol. The zero-order chi connectivity index (χ0) is 15.8. The molecule has 0 saturated carbocycles. The van der Waals surface area contributed by atoms with Gasteiger partial charge in [0.25, 0.3) is 0 Å². The molecule has 1 aromatic rings. The molecular formula is C14H22FN3O3. The Bertz CT molecular complexity index is 483. The first-order valence-electron chi connectivity index (χ1n) is 6.68. The van der Waals surface area contributed by atoms with Crippen molar-refractivity contribution in [3.8, 4) is 5.75 Å². The second-order valence-electron chi connectivity index (χ2n) is 4.47. The molecule has 0 aromatic heterocycles. The summed E-state index contributed by atoms with van der Waals surface area (Å²) in [7, 11) is 3.27. The lowest BCUT2D eigenvalue weighted by Gasteiger charge is -2.21. The lowest BCUT2D eigenvalue weighted by molar-refractivity contribution is -0.119. The summed E-state index contributed by atoms with van der Waals surface area (Å²) >= 11 is 0. The first kappa shape index (κ1) is 17.0. The SMILES string of the molecule is CCOc1cc(N(C)CC(=O)NCCOC)c(N)cc1F. The van der Waals surface area contributed by atoms with Gasteiger partial charge in [-0.3, -0.25) is 4.79 Å². The third-order valence-corrected chi connectivity index (χ3v) is 2.80. The summed E-state index contributed by atoms with van der Waals surface area (Å²) in [5.74, 6) is -0.569. The van der Waals surface area contributed by atoms with Crippen LogP contribution in [0.4, 0.5) is 15.8 Å². The Morgan fingerprint density at radius 2 is 2.19 bits per heavy atom. The Morgan fingerprint density at radius 1 is 1.48 bits per heavy atom. The van der Waals surface area contributed by atoms with Crippen LogP contribution in [0.3, 0.4) is 0 Å². The highest BCUT2D eigenvalue weighted by Gasteiger charge is 2.14. The van der Waals surface area contributed by atoms with Gasteiger partial charge in [0.15, 0.2) is 11.6 Å². The molecule has 0 radical (unpaired) electrons. The summed E-state index contributed by atoms with van der Waals surface area (Å²) in [6, 6.07) is 2.69. The van der Waals surface area contributed by atoms with E-state index in [9.17, 15) is 9.18 Å². The molecule has 0 aliphatic heterocycles. The quantitative estimate of drug-likeness (QED) is 0.553. The standard InChI is InChI=1S/C14H22FN3O3/c1-4-21-13-8-12(11(16)7-10(13)15)18(2)9-14(19)17-5-6-20-3/h7-8H,4-6,9,16H2,1-3H3,(H,17,19). The highest BCUT2D eigenvalue weighted by Crippen LogP contribution is 2.30. The first-order valence-corrected chi connectivity index (χ1v) is 6.68. The number of rotatable bonds is 8. The van der Waals surface area contributed by atoms with Gasteiger partial charge < -0.3 is 25.4 Å². The zero-order valence-electron chi connectivity index (χ0n) is 12.6. The maximum Gasteiger partial charge on any atom is 0.239 e. The summed E-state index contributed by atoms with van der Waals surface area (Å²) in [4.78, 5) is 13.4. The summed E-state index contributed by atoms with van der Waals surface area (Å²) in [5, 5.41) is 2.70. The van der Waals surface area contributed by atoms with E-state index in [1.165, 1.54) is 12.1 Å². The van der Waals surface area contributed by atoms with E-state index >= 15 is 0 Å². The van der Waals surface area contributed by atoms with Crippen LogP contribution in [-0.4, -0.2) is 46.4 Å². The molecule has 0 unspecified atom stereocenters. The molecule has 0 bridgehead atoms. The Labute approximate surface area is 124 Å². The molecule has 0 aliphatic rings. The van der Waals surface area contributed by atoms with Gasteiger partial charge in [-0.15, -0.1) is 0 Å². The smallest absolute Gasteiger partial charge is 0.239 e. The number of nitrogens with zero attached hydrogens (tertiary/aromatic N) is 1. The maximum atomic E-state index is 13.6. The molecule has 0 atom stereocenters. The van der Waals surface area contributed by atoms with Crippen LogP contribution in [0.1, 0.15) is 6.92 Å². The average Bonchev–Trinajstić information content (AvgIpc) is 2.42. The van der Waals surface area contributed by atoms with Crippen molar-refractivity contribution >= 4 is 17.3 Å². The lowest BCUT2D eigenvalue weighted by Crippen LogP contribution is -2.36. The molecule has 0 aliphatic carbocycles. The number of hydrogen-bond donors (Lipinski definition) is 2. The van der Waals surface area contributed by atoms with Crippen molar-refractivity contribution in [1.82, 2.24) is 5.32 Å². The molecule has 7 heteroatoms. The topological polar surface area (TPSA) is 76.8 Å². The molecule has 1 amide bonds. The van der Waals surface area contributed by atoms with Crippen LogP contribution in [0.5, 0.6) is 5.75 Å². The number of methoxy groups -OCH3 is 1. The van der Waals surface area contributed by atoms with E-state index < -0.39 is 5.82 Å². The first-order chi connectivity index (χ1) is 9.99. The van der Waals surface area contributed by atoms with E-state index in [1.807, 2.05) is 0 Å². The highest BCUT2D eigenvalue weighted by molar-refractivity contribution is 5.83. The van der Waals surface area contributed by atoms with Gasteiger partial charge in [-0.05, 0) is 6.92 Å². The van der Waals surface area contributed by atoms with Gasteiger partial charge in [0, 0.05) is 32.8 Å². The Kier molecular flexibility index (Phi) is 6.74. The predicted molar refractivity (Wildman–Crippen MR) is 80.1 cm³/mol. The zero-order valence-corrected chi connectivity index (χ0v) is 12.6. The van der Waals surface area contributed by atoms with Crippen LogP contribution in [0.2, 0.25) is 0 Å². The minimum atomic E-state index is -0.518. The van der Waals surface area contributed by atoms with Crippen molar-refractivity contribution in [2.24, 2.45) is 0 Å². The Balaban J connectivity index is 2.74. The van der Waals surface area contributed by atoms with Gasteiger partial charge >= 0.3 is 0 Å². The Morgan fingerprint density at radius 3 is 2.81 bits per heavy atom. The number of halogens is 1.